The van der Waals surface area contributed by atoms with Gasteiger partial charge in [0.05, 0.1) is 12.2 Å². The van der Waals surface area contributed by atoms with Gasteiger partial charge in [0.1, 0.15) is 5.82 Å². The summed E-state index contributed by atoms with van der Waals surface area (Å²) >= 11 is 0. The number of nitrogens with zero attached hydrogens (tertiary/aromatic N) is 2. The molecule has 1 aliphatic rings. The minimum Gasteiger partial charge on any atom is -0.481 e. The Bertz CT molecular complexity index is 1480. The fourth-order valence-electron chi connectivity index (χ4n) is 3.93. The molecule has 0 saturated heterocycles. The smallest absolute Gasteiger partial charge is 0.303 e. The van der Waals surface area contributed by atoms with Crippen LogP contribution in [0.25, 0.3) is 34.0 Å². The number of carbonyl (C=O) groups is 2. The molecule has 0 unspecified atom stereocenters. The summed E-state index contributed by atoms with van der Waals surface area (Å²) in [6.07, 6.45) is 2.10. The van der Waals surface area contributed by atoms with Gasteiger partial charge >= 0.3 is 5.97 Å². The molecule has 8 nitrogen and oxygen atoms in total. The third kappa shape index (κ3) is 6.94. The minimum absolute atomic E-state index is 0.00960. The molecule has 39 heavy (non-hydrogen) atoms. The average molecular weight is 532 g/mol. The van der Waals surface area contributed by atoms with Crippen molar-refractivity contribution in [2.24, 2.45) is 0 Å². The van der Waals surface area contributed by atoms with Crippen LogP contribution < -0.4 is 5.32 Å². The Hall–Kier alpha value is -4.37. The monoisotopic (exact) mass is 531 g/mol. The van der Waals surface area contributed by atoms with Crippen LogP contribution in [0.5, 0.6) is 0 Å². The number of amides is 1. The molecule has 202 valence electrons. The van der Waals surface area contributed by atoms with Gasteiger partial charge in [0.25, 0.3) is 11.8 Å². The van der Waals surface area contributed by atoms with Crippen LogP contribution >= 0.6 is 0 Å². The zero-order chi connectivity index (χ0) is 27.9. The fraction of sp³-hybridized carbons (Fsp3) is 0.267. The van der Waals surface area contributed by atoms with Crippen molar-refractivity contribution in [1.82, 2.24) is 15.5 Å². The van der Waals surface area contributed by atoms with Gasteiger partial charge in [-0.3, -0.25) is 9.59 Å². The summed E-state index contributed by atoms with van der Waals surface area (Å²) in [6, 6.07) is 18.6. The van der Waals surface area contributed by atoms with Crippen molar-refractivity contribution in [1.29, 1.82) is 0 Å². The number of carboxylic acid groups (broad SMARTS) is 1. The number of benzene rings is 3. The van der Waals surface area contributed by atoms with Crippen LogP contribution in [-0.2, 0) is 16.1 Å². The van der Waals surface area contributed by atoms with Crippen LogP contribution in [0, 0.1) is 12.7 Å². The Morgan fingerprint density at radius 2 is 1.79 bits per heavy atom. The molecule has 1 aromatic heterocycles. The van der Waals surface area contributed by atoms with Crippen molar-refractivity contribution in [3.63, 3.8) is 0 Å². The van der Waals surface area contributed by atoms with Gasteiger partial charge in [0.15, 0.2) is 0 Å². The van der Waals surface area contributed by atoms with E-state index < -0.39 is 17.7 Å². The third-order valence-corrected chi connectivity index (χ3v) is 6.20. The quantitative estimate of drug-likeness (QED) is 0.285. The fourth-order valence-corrected chi connectivity index (χ4v) is 3.93. The van der Waals surface area contributed by atoms with Gasteiger partial charge in [-0.05, 0) is 66.3 Å². The molecule has 1 aliphatic carbocycles. The first-order valence-corrected chi connectivity index (χ1v) is 12.6. The Labute approximate surface area is 225 Å². The van der Waals surface area contributed by atoms with Crippen molar-refractivity contribution in [3.05, 3.63) is 83.2 Å². The van der Waals surface area contributed by atoms with Crippen molar-refractivity contribution in [3.8, 4) is 34.0 Å². The molecule has 0 bridgehead atoms. The molecule has 0 atom stereocenters. The van der Waals surface area contributed by atoms with E-state index >= 15 is 0 Å². The highest BCUT2D eigenvalue weighted by Gasteiger charge is 2.25. The highest BCUT2D eigenvalue weighted by Crippen LogP contribution is 2.32. The first-order valence-electron chi connectivity index (χ1n) is 12.6. The van der Waals surface area contributed by atoms with Crippen LogP contribution in [0.2, 0.25) is 0 Å². The molecule has 9 heteroatoms. The van der Waals surface area contributed by atoms with E-state index in [2.05, 4.69) is 34.5 Å². The summed E-state index contributed by atoms with van der Waals surface area (Å²) < 4.78 is 25.5. The highest BCUT2D eigenvalue weighted by atomic mass is 19.1. The van der Waals surface area contributed by atoms with Crippen LogP contribution in [0.3, 0.4) is 0 Å². The number of ether oxygens (including phenoxy) is 1. The Morgan fingerprint density at radius 3 is 2.44 bits per heavy atom. The van der Waals surface area contributed by atoms with E-state index in [0.29, 0.717) is 18.1 Å². The second-order valence-electron chi connectivity index (χ2n) is 9.23. The zero-order valence-electron chi connectivity index (χ0n) is 22.0. The summed E-state index contributed by atoms with van der Waals surface area (Å²) in [5.41, 5.74) is 5.55. The number of carbonyl (C=O) groups excluding carboxylic acids is 1. The van der Waals surface area contributed by atoms with Gasteiger partial charge in [0.2, 0.25) is 5.82 Å². The molecule has 0 aliphatic heterocycles. The lowest BCUT2D eigenvalue weighted by atomic mass is 9.94. The largest absolute Gasteiger partial charge is 0.481 e. The number of halogens is 1. The molecule has 5 rings (SSSR count). The van der Waals surface area contributed by atoms with Crippen LogP contribution in [0.4, 0.5) is 4.39 Å². The minimum atomic E-state index is -0.745. The number of aromatic nitrogens is 2. The lowest BCUT2D eigenvalue weighted by Gasteiger charge is -2.12. The molecule has 4 aromatic rings. The maximum atomic E-state index is 14.6. The molecule has 0 spiro atoms. The number of aryl methyl sites for hydroxylation is 1. The molecule has 1 heterocycles. The highest BCUT2D eigenvalue weighted by molar-refractivity contribution is 5.95. The normalized spacial score (nSPS) is 12.4. The van der Waals surface area contributed by atoms with Gasteiger partial charge < -0.3 is 19.7 Å². The molecule has 1 saturated carbocycles. The zero-order valence-corrected chi connectivity index (χ0v) is 22.0. The van der Waals surface area contributed by atoms with E-state index in [4.69, 9.17) is 14.4 Å². The second-order valence-corrected chi connectivity index (χ2v) is 9.23. The third-order valence-electron chi connectivity index (χ3n) is 6.20. The maximum absolute atomic E-state index is 14.6. The molecule has 3 aromatic carbocycles. The second kappa shape index (κ2) is 12.4. The van der Waals surface area contributed by atoms with Crippen LogP contribution in [0.15, 0.2) is 65.2 Å². The molecule has 2 N–H and O–H groups in total. The first-order chi connectivity index (χ1) is 18.8. The van der Waals surface area contributed by atoms with Crippen molar-refractivity contribution in [2.45, 2.75) is 45.8 Å². The van der Waals surface area contributed by atoms with Crippen LogP contribution in [0.1, 0.15) is 47.7 Å². The Morgan fingerprint density at radius 1 is 1.08 bits per heavy atom. The molecule has 1 fully saturated rings. The molecular weight excluding hydrogens is 501 g/mol. The number of aliphatic carboxylic acids is 1. The van der Waals surface area contributed by atoms with Gasteiger partial charge in [-0.15, -0.1) is 0 Å². The van der Waals surface area contributed by atoms with E-state index in [1.54, 1.807) is 20.1 Å². The van der Waals surface area contributed by atoms with Gasteiger partial charge in [-0.25, -0.2) is 4.39 Å². The van der Waals surface area contributed by atoms with Crippen LogP contribution in [-0.4, -0.2) is 40.3 Å². The number of rotatable bonds is 8. The standard InChI is InChI=1S/C27H24FN3O3.C3H6O2/c1-16-5-3-4-6-21(16)22-11-8-18(13-19(22)15-33-2)27-30-25(31-34-27)17-7-12-23(24(28)14-17)26(32)29-20-9-10-20;1-2-3(4)5/h3-8,11-14,20H,9-10,15H2,1-2H3,(H,29,32);2H2,1H3,(H,4,5). The van der Waals surface area contributed by atoms with E-state index in [1.807, 2.05) is 30.3 Å². The predicted octanol–water partition coefficient (Wildman–Crippen LogP) is 6.04. The Kier molecular flexibility index (Phi) is 8.83. The number of hydrogen-bond acceptors (Lipinski definition) is 6. The summed E-state index contributed by atoms with van der Waals surface area (Å²) in [4.78, 5) is 26.0. The van der Waals surface area contributed by atoms with E-state index in [9.17, 15) is 14.0 Å². The molecular formula is C30H30FN3O5. The van der Waals surface area contributed by atoms with Gasteiger partial charge in [-0.2, -0.15) is 4.98 Å². The summed E-state index contributed by atoms with van der Waals surface area (Å²) in [6.45, 7) is 4.10. The topological polar surface area (TPSA) is 115 Å². The number of methoxy groups -OCH3 is 1. The molecule has 1 amide bonds. The number of nitrogens with one attached hydrogen (secondary N) is 1. The number of carboxylic acids is 1. The molecule has 0 radical (unpaired) electrons. The van der Waals surface area contributed by atoms with E-state index in [1.165, 1.54) is 17.7 Å². The van der Waals surface area contributed by atoms with E-state index in [0.717, 1.165) is 35.1 Å². The maximum Gasteiger partial charge on any atom is 0.303 e. The lowest BCUT2D eigenvalue weighted by Crippen LogP contribution is -2.26. The van der Waals surface area contributed by atoms with E-state index in [-0.39, 0.29) is 23.9 Å². The predicted molar refractivity (Wildman–Crippen MR) is 144 cm³/mol. The van der Waals surface area contributed by atoms with Gasteiger partial charge in [0, 0.05) is 30.7 Å². The summed E-state index contributed by atoms with van der Waals surface area (Å²) in [5.74, 6) is -1.20. The average Bonchev–Trinajstić information content (AvgIpc) is 3.60. The summed E-state index contributed by atoms with van der Waals surface area (Å²) in [5, 5.41) is 14.5. The SMILES string of the molecule is CCC(=O)O.COCc1cc(-c2nc(-c3ccc(C(=O)NC4CC4)c(F)c3)no2)ccc1-c1ccccc1C. The Balaban J connectivity index is 0.000000648. The van der Waals surface area contributed by atoms with Crippen molar-refractivity contribution in [2.75, 3.05) is 7.11 Å². The van der Waals surface area contributed by atoms with Gasteiger partial charge in [-0.1, -0.05) is 48.5 Å². The summed E-state index contributed by atoms with van der Waals surface area (Å²) in [7, 11) is 1.65. The first kappa shape index (κ1) is 27.7. The van der Waals surface area contributed by atoms with Crippen molar-refractivity contribution >= 4 is 11.9 Å². The van der Waals surface area contributed by atoms with Crippen molar-refractivity contribution < 1.29 is 28.3 Å². The number of hydrogen-bond donors (Lipinski definition) is 2. The lowest BCUT2D eigenvalue weighted by molar-refractivity contribution is -0.136.